The number of carbonyl (C=O) groups excluding carboxylic acids is 2. The van der Waals surface area contributed by atoms with Gasteiger partial charge in [-0.3, -0.25) is 0 Å². The highest BCUT2D eigenvalue weighted by molar-refractivity contribution is 6.08. The summed E-state index contributed by atoms with van der Waals surface area (Å²) in [7, 11) is 0. The number of hydrogen-bond acceptors (Lipinski definition) is 9. The van der Waals surface area contributed by atoms with E-state index in [1.54, 1.807) is 19.9 Å². The van der Waals surface area contributed by atoms with E-state index in [1.165, 1.54) is 0 Å². The number of ether oxygens (including phenoxy) is 7. The number of carbonyl (C=O) groups is 2. The predicted molar refractivity (Wildman–Crippen MR) is 264 cm³/mol. The van der Waals surface area contributed by atoms with Crippen molar-refractivity contribution >= 4 is 11.9 Å². The van der Waals surface area contributed by atoms with E-state index >= 15 is 0 Å². The maximum atomic E-state index is 13.1. The van der Waals surface area contributed by atoms with E-state index in [0.29, 0.717) is 55.1 Å². The van der Waals surface area contributed by atoms with E-state index < -0.39 is 42.5 Å². The average Bonchev–Trinajstić information content (AvgIpc) is 3.64. The molecule has 9 nitrogen and oxygen atoms in total. The molecule has 0 spiro atoms. The van der Waals surface area contributed by atoms with Crippen LogP contribution in [0.1, 0.15) is 93.5 Å². The zero-order valence-corrected chi connectivity index (χ0v) is 39.5. The van der Waals surface area contributed by atoms with Crippen LogP contribution < -0.4 is 0 Å². The van der Waals surface area contributed by atoms with E-state index in [-0.39, 0.29) is 19.8 Å². The van der Waals surface area contributed by atoms with Gasteiger partial charge in [0.2, 0.25) is 0 Å². The van der Waals surface area contributed by atoms with Crippen LogP contribution in [0.4, 0.5) is 0 Å². The molecule has 352 valence electrons. The molecule has 2 aliphatic carbocycles. The van der Waals surface area contributed by atoms with Gasteiger partial charge in [-0.25, -0.2) is 9.59 Å². The summed E-state index contributed by atoms with van der Waals surface area (Å²) in [6.07, 6.45) is -2.31. The van der Waals surface area contributed by atoms with Crippen molar-refractivity contribution in [3.8, 4) is 11.1 Å². The maximum Gasteiger partial charge on any atom is 0.338 e. The molecule has 0 aromatic heterocycles. The number of rotatable bonds is 20. The third-order valence-electron chi connectivity index (χ3n) is 11.6. The van der Waals surface area contributed by atoms with Gasteiger partial charge in [0.05, 0.1) is 57.4 Å². The van der Waals surface area contributed by atoms with Gasteiger partial charge in [0, 0.05) is 0 Å². The quantitative estimate of drug-likeness (QED) is 0.0692. The van der Waals surface area contributed by atoms with Crippen molar-refractivity contribution in [2.24, 2.45) is 0 Å². The molecule has 1 fully saturated rings. The van der Waals surface area contributed by atoms with Crippen LogP contribution in [-0.2, 0) is 66.0 Å². The summed E-state index contributed by atoms with van der Waals surface area (Å²) in [5.74, 6) is -0.977. The van der Waals surface area contributed by atoms with Gasteiger partial charge in [-0.05, 0) is 76.4 Å². The van der Waals surface area contributed by atoms with Crippen molar-refractivity contribution in [1.29, 1.82) is 0 Å². The molecule has 1 saturated heterocycles. The molecule has 5 aromatic rings. The third kappa shape index (κ3) is 13.2. The van der Waals surface area contributed by atoms with Gasteiger partial charge in [-0.2, -0.15) is 0 Å². The standard InChI is InChI=1S/C57H56O9.C2H6/c1-3-61-56(58)49-34-50(57(59)62-4-2)48-31-29-40(28-30-47(48)49)32-45-26-17-27-46(33-45)52-54(64-37-43-22-13-7-14-23-43)55(65-38-44-24-15-8-16-25-44)53(63-36-42-20-11-6-12-21-42)51(66-52)39-60-35-41-18-9-5-10-19-41;1-2/h5-31,33-34,51-55H,3-4,32,35-39H2,1-2H3;1-2H3/t51-,52+,53-,54+,55+;/m1./s1. The first-order valence-electron chi connectivity index (χ1n) is 23.7. The minimum atomic E-state index is -0.599. The molecular weight excluding hydrogens is 853 g/mol. The molecule has 0 saturated carbocycles. The summed E-state index contributed by atoms with van der Waals surface area (Å²) in [6.45, 7) is 9.61. The van der Waals surface area contributed by atoms with Crippen LogP contribution in [0.25, 0.3) is 11.1 Å². The Morgan fingerprint density at radius 1 is 0.456 bits per heavy atom. The molecule has 3 aliphatic rings. The zero-order chi connectivity index (χ0) is 47.5. The first-order valence-corrected chi connectivity index (χ1v) is 23.7. The van der Waals surface area contributed by atoms with Gasteiger partial charge in [-0.15, -0.1) is 0 Å². The lowest BCUT2D eigenvalue weighted by Crippen LogP contribution is -2.58. The molecule has 8 rings (SSSR count). The van der Waals surface area contributed by atoms with Crippen molar-refractivity contribution in [1.82, 2.24) is 0 Å². The molecule has 0 unspecified atom stereocenters. The highest BCUT2D eigenvalue weighted by atomic mass is 16.6. The Balaban J connectivity index is 0.00000338. The van der Waals surface area contributed by atoms with Gasteiger partial charge in [0.15, 0.2) is 0 Å². The summed E-state index contributed by atoms with van der Waals surface area (Å²) in [5.41, 5.74) is 8.96. The SMILES string of the molecule is CC.CCOC(=O)c1cc(C(=O)OCC)c2ccc(Cc3cccc([C@@H]4O[C@H](COCc5ccccc5)[C@@H](OCc5ccccc5)[C@H](OCc5ccccc5)[C@H]4OCc4ccccc4)c3)ccc1-2. The molecule has 1 heterocycles. The molecule has 1 aliphatic heterocycles. The summed E-state index contributed by atoms with van der Waals surface area (Å²) in [4.78, 5) is 26.1. The molecule has 5 aromatic carbocycles. The average molecular weight is 915 g/mol. The number of benzene rings is 5. The van der Waals surface area contributed by atoms with Gasteiger partial charge < -0.3 is 33.2 Å². The topological polar surface area (TPSA) is 98.8 Å². The normalized spacial score (nSPS) is 17.7. The lowest BCUT2D eigenvalue weighted by Gasteiger charge is -2.46. The summed E-state index contributed by atoms with van der Waals surface area (Å²) in [6, 6.07) is 58.1. The second-order valence-corrected chi connectivity index (χ2v) is 16.3. The largest absolute Gasteiger partial charge is 0.462 e. The van der Waals surface area contributed by atoms with E-state index in [1.807, 2.05) is 129 Å². The molecule has 0 amide bonds. The molecular formula is C59H62O9. The minimum absolute atomic E-state index is 0.215. The maximum absolute atomic E-state index is 13.1. The van der Waals surface area contributed by atoms with Crippen LogP contribution in [0.5, 0.6) is 0 Å². The van der Waals surface area contributed by atoms with Crippen molar-refractivity contribution in [2.75, 3.05) is 19.8 Å². The Labute approximate surface area is 401 Å². The number of hydrogen-bond donors (Lipinski definition) is 0. The van der Waals surface area contributed by atoms with Gasteiger partial charge in [0.1, 0.15) is 30.5 Å². The van der Waals surface area contributed by atoms with Crippen LogP contribution in [0.2, 0.25) is 0 Å². The fourth-order valence-corrected chi connectivity index (χ4v) is 8.43. The molecule has 0 bridgehead atoms. The van der Waals surface area contributed by atoms with Crippen LogP contribution in [0.15, 0.2) is 176 Å². The van der Waals surface area contributed by atoms with E-state index in [2.05, 4.69) is 54.6 Å². The third-order valence-corrected chi connectivity index (χ3v) is 11.6. The Hall–Kier alpha value is -6.46. The molecule has 9 heteroatoms. The van der Waals surface area contributed by atoms with Gasteiger partial charge in [0.25, 0.3) is 0 Å². The Bertz CT molecular complexity index is 2510. The van der Waals surface area contributed by atoms with Crippen LogP contribution in [-0.4, -0.2) is 56.2 Å². The highest BCUT2D eigenvalue weighted by Crippen LogP contribution is 2.40. The number of esters is 2. The molecule has 0 N–H and O–H groups in total. The minimum Gasteiger partial charge on any atom is -0.462 e. The highest BCUT2D eigenvalue weighted by Gasteiger charge is 2.49. The van der Waals surface area contributed by atoms with Crippen LogP contribution in [0, 0.1) is 0 Å². The summed E-state index contributed by atoms with van der Waals surface area (Å²) in [5, 5.41) is 0. The second kappa shape index (κ2) is 25.6. The molecule has 0 radical (unpaired) electrons. The molecule has 68 heavy (non-hydrogen) atoms. The summed E-state index contributed by atoms with van der Waals surface area (Å²) >= 11 is 0. The smallest absolute Gasteiger partial charge is 0.338 e. The van der Waals surface area contributed by atoms with E-state index in [9.17, 15) is 9.59 Å². The van der Waals surface area contributed by atoms with Gasteiger partial charge >= 0.3 is 11.9 Å². The van der Waals surface area contributed by atoms with Crippen molar-refractivity contribution < 1.29 is 42.7 Å². The van der Waals surface area contributed by atoms with E-state index in [4.69, 9.17) is 33.2 Å². The Morgan fingerprint density at radius 2 is 0.897 bits per heavy atom. The predicted octanol–water partition coefficient (Wildman–Crippen LogP) is 12.2. The van der Waals surface area contributed by atoms with Crippen molar-refractivity contribution in [3.05, 3.63) is 226 Å². The lowest BCUT2D eigenvalue weighted by molar-refractivity contribution is -0.275. The second-order valence-electron chi connectivity index (χ2n) is 16.3. The van der Waals surface area contributed by atoms with Crippen molar-refractivity contribution in [2.45, 2.75) is 91.1 Å². The molecule has 5 atom stereocenters. The Kier molecular flexibility index (Phi) is 18.6. The zero-order valence-electron chi connectivity index (χ0n) is 39.5. The fraction of sp³-hybridized carbons (Fsp3) is 0.288. The first-order chi connectivity index (χ1) is 33.5. The van der Waals surface area contributed by atoms with Crippen molar-refractivity contribution in [3.63, 3.8) is 0 Å². The van der Waals surface area contributed by atoms with Crippen LogP contribution in [0.3, 0.4) is 0 Å². The van der Waals surface area contributed by atoms with Gasteiger partial charge in [-0.1, -0.05) is 184 Å². The Morgan fingerprint density at radius 3 is 1.38 bits per heavy atom. The summed E-state index contributed by atoms with van der Waals surface area (Å²) < 4.78 is 45.3. The lowest BCUT2D eigenvalue weighted by atomic mass is 9.89. The first kappa shape index (κ1) is 49.4. The number of fused-ring (bicyclic) bond motifs is 1. The monoisotopic (exact) mass is 914 g/mol. The van der Waals surface area contributed by atoms with E-state index in [0.717, 1.165) is 38.9 Å². The van der Waals surface area contributed by atoms with Crippen LogP contribution >= 0.6 is 0 Å². The fourth-order valence-electron chi connectivity index (χ4n) is 8.43.